The van der Waals surface area contributed by atoms with Crippen LogP contribution in [0.15, 0.2) is 42.7 Å². The molecule has 1 atom stereocenters. The minimum atomic E-state index is -0.642. The van der Waals surface area contributed by atoms with Crippen LogP contribution in [0.4, 0.5) is 10.1 Å². The van der Waals surface area contributed by atoms with Gasteiger partial charge in [-0.1, -0.05) is 6.92 Å². The van der Waals surface area contributed by atoms with E-state index in [4.69, 9.17) is 4.74 Å². The largest absolute Gasteiger partial charge is 0.492 e. The molecule has 1 amide bonds. The molecule has 132 valence electrons. The number of carbonyl (C=O) groups is 1. The molecule has 2 aromatic rings. The maximum absolute atomic E-state index is 13.6. The van der Waals surface area contributed by atoms with Gasteiger partial charge < -0.3 is 10.1 Å². The minimum absolute atomic E-state index is 0.0323. The van der Waals surface area contributed by atoms with Gasteiger partial charge in [-0.05, 0) is 49.2 Å². The van der Waals surface area contributed by atoms with E-state index in [1.807, 2.05) is 0 Å². The summed E-state index contributed by atoms with van der Waals surface area (Å²) in [4.78, 5) is 18.1. The van der Waals surface area contributed by atoms with Crippen LogP contribution in [0.25, 0.3) is 0 Å². The van der Waals surface area contributed by atoms with Crippen molar-refractivity contribution in [2.75, 3.05) is 31.6 Å². The van der Waals surface area contributed by atoms with Gasteiger partial charge in [-0.3, -0.25) is 14.7 Å². The number of hydrogen-bond acceptors (Lipinski definition) is 4. The van der Waals surface area contributed by atoms with Crippen LogP contribution in [0.1, 0.15) is 23.7 Å². The summed E-state index contributed by atoms with van der Waals surface area (Å²) in [7, 11) is 0. The third kappa shape index (κ3) is 4.76. The van der Waals surface area contributed by atoms with Gasteiger partial charge in [0.05, 0.1) is 11.8 Å². The number of hydrogen-bond donors (Lipinski definition) is 1. The number of nitrogens with zero attached hydrogens (tertiary/aromatic N) is 2. The van der Waals surface area contributed by atoms with Crippen molar-refractivity contribution < 1.29 is 13.9 Å². The van der Waals surface area contributed by atoms with Crippen molar-refractivity contribution in [2.45, 2.75) is 13.3 Å². The topological polar surface area (TPSA) is 54.5 Å². The van der Waals surface area contributed by atoms with Gasteiger partial charge in [0, 0.05) is 25.0 Å². The lowest BCUT2D eigenvalue weighted by Gasteiger charge is -2.15. The molecule has 3 rings (SSSR count). The molecular weight excluding hydrogens is 321 g/mol. The Morgan fingerprint density at radius 1 is 1.36 bits per heavy atom. The van der Waals surface area contributed by atoms with Gasteiger partial charge in [0.2, 0.25) is 0 Å². The number of rotatable bonds is 6. The van der Waals surface area contributed by atoms with Crippen molar-refractivity contribution in [3.8, 4) is 5.75 Å². The van der Waals surface area contributed by atoms with Crippen LogP contribution in [-0.4, -0.2) is 42.0 Å². The molecular formula is C19H22FN3O2. The van der Waals surface area contributed by atoms with Crippen LogP contribution in [0, 0.1) is 11.7 Å². The van der Waals surface area contributed by atoms with Gasteiger partial charge in [0.25, 0.3) is 5.91 Å². The molecule has 2 heterocycles. The van der Waals surface area contributed by atoms with Crippen molar-refractivity contribution in [3.63, 3.8) is 0 Å². The third-order valence-corrected chi connectivity index (χ3v) is 4.31. The standard InChI is InChI=1S/C19H22FN3O2/c1-14-7-9-23(13-14)10-11-25-16-4-2-15(3-5-16)22-19(24)17-6-8-21-12-18(17)20/h2-6,8,12,14H,7,9-11,13H2,1H3,(H,22,24). The summed E-state index contributed by atoms with van der Waals surface area (Å²) < 4.78 is 19.3. The zero-order valence-electron chi connectivity index (χ0n) is 14.2. The number of pyridine rings is 1. The predicted molar refractivity (Wildman–Crippen MR) is 94.3 cm³/mol. The number of aromatic nitrogens is 1. The predicted octanol–water partition coefficient (Wildman–Crippen LogP) is 3.19. The van der Waals surface area contributed by atoms with E-state index in [2.05, 4.69) is 22.1 Å². The summed E-state index contributed by atoms with van der Waals surface area (Å²) in [5.41, 5.74) is 0.553. The molecule has 1 unspecified atom stereocenters. The fourth-order valence-corrected chi connectivity index (χ4v) is 2.91. The first-order valence-corrected chi connectivity index (χ1v) is 8.48. The quantitative estimate of drug-likeness (QED) is 0.875. The van der Waals surface area contributed by atoms with Crippen molar-refractivity contribution in [3.05, 3.63) is 54.1 Å². The van der Waals surface area contributed by atoms with Crippen molar-refractivity contribution in [2.24, 2.45) is 5.92 Å². The molecule has 1 N–H and O–H groups in total. The first-order valence-electron chi connectivity index (χ1n) is 8.48. The van der Waals surface area contributed by atoms with E-state index in [0.717, 1.165) is 37.5 Å². The summed E-state index contributed by atoms with van der Waals surface area (Å²) in [5.74, 6) is 0.376. The van der Waals surface area contributed by atoms with E-state index in [0.29, 0.717) is 12.3 Å². The fraction of sp³-hybridized carbons (Fsp3) is 0.368. The molecule has 0 aliphatic carbocycles. The Hall–Kier alpha value is -2.47. The van der Waals surface area contributed by atoms with E-state index < -0.39 is 11.7 Å². The maximum atomic E-state index is 13.6. The van der Waals surface area contributed by atoms with Crippen LogP contribution < -0.4 is 10.1 Å². The number of halogens is 1. The van der Waals surface area contributed by atoms with Crippen LogP contribution in [0.5, 0.6) is 5.75 Å². The number of anilines is 1. The molecule has 0 saturated carbocycles. The second-order valence-corrected chi connectivity index (χ2v) is 6.38. The number of nitrogens with one attached hydrogen (secondary N) is 1. The lowest BCUT2D eigenvalue weighted by molar-refractivity contribution is 0.102. The molecule has 0 radical (unpaired) electrons. The Kier molecular flexibility index (Phi) is 5.60. The van der Waals surface area contributed by atoms with E-state index in [1.165, 1.54) is 18.7 Å². The van der Waals surface area contributed by atoms with E-state index >= 15 is 0 Å². The number of likely N-dealkylation sites (tertiary alicyclic amines) is 1. The van der Waals surface area contributed by atoms with Gasteiger partial charge in [-0.2, -0.15) is 0 Å². The number of ether oxygens (including phenoxy) is 1. The Morgan fingerprint density at radius 3 is 2.84 bits per heavy atom. The van der Waals surface area contributed by atoms with Gasteiger partial charge in [0.1, 0.15) is 12.4 Å². The van der Waals surface area contributed by atoms with Gasteiger partial charge >= 0.3 is 0 Å². The monoisotopic (exact) mass is 343 g/mol. The molecule has 1 aromatic heterocycles. The number of amides is 1. The first-order chi connectivity index (χ1) is 12.1. The first kappa shape index (κ1) is 17.4. The van der Waals surface area contributed by atoms with Gasteiger partial charge in [-0.25, -0.2) is 4.39 Å². The van der Waals surface area contributed by atoms with Crippen molar-refractivity contribution >= 4 is 11.6 Å². The van der Waals surface area contributed by atoms with Crippen molar-refractivity contribution in [1.82, 2.24) is 9.88 Å². The minimum Gasteiger partial charge on any atom is -0.492 e. The highest BCUT2D eigenvalue weighted by molar-refractivity contribution is 6.04. The Balaban J connectivity index is 1.48. The highest BCUT2D eigenvalue weighted by atomic mass is 19.1. The van der Waals surface area contributed by atoms with Crippen LogP contribution in [0.3, 0.4) is 0 Å². The fourth-order valence-electron chi connectivity index (χ4n) is 2.91. The lowest BCUT2D eigenvalue weighted by atomic mass is 10.2. The third-order valence-electron chi connectivity index (χ3n) is 4.31. The molecule has 25 heavy (non-hydrogen) atoms. The van der Waals surface area contributed by atoms with E-state index in [1.54, 1.807) is 24.3 Å². The molecule has 1 aliphatic rings. The van der Waals surface area contributed by atoms with E-state index in [-0.39, 0.29) is 5.56 Å². The summed E-state index contributed by atoms with van der Waals surface area (Å²) in [6.45, 7) is 6.11. The van der Waals surface area contributed by atoms with Gasteiger partial charge in [0.15, 0.2) is 5.82 Å². The Labute approximate surface area is 146 Å². The summed E-state index contributed by atoms with van der Waals surface area (Å²) in [6, 6.07) is 8.42. The molecule has 0 bridgehead atoms. The second kappa shape index (κ2) is 8.07. The molecule has 1 aromatic carbocycles. The molecule has 6 heteroatoms. The average molecular weight is 343 g/mol. The Bertz CT molecular complexity index is 721. The van der Waals surface area contributed by atoms with Crippen LogP contribution >= 0.6 is 0 Å². The zero-order chi connectivity index (χ0) is 17.6. The van der Waals surface area contributed by atoms with Gasteiger partial charge in [-0.15, -0.1) is 0 Å². The maximum Gasteiger partial charge on any atom is 0.258 e. The second-order valence-electron chi connectivity index (χ2n) is 6.38. The average Bonchev–Trinajstić information content (AvgIpc) is 3.02. The molecule has 1 aliphatic heterocycles. The zero-order valence-corrected chi connectivity index (χ0v) is 14.2. The highest BCUT2D eigenvalue weighted by Gasteiger charge is 2.17. The van der Waals surface area contributed by atoms with Crippen LogP contribution in [-0.2, 0) is 0 Å². The molecule has 1 saturated heterocycles. The summed E-state index contributed by atoms with van der Waals surface area (Å²) >= 11 is 0. The number of carbonyl (C=O) groups excluding carboxylic acids is 1. The molecule has 0 spiro atoms. The smallest absolute Gasteiger partial charge is 0.258 e. The Morgan fingerprint density at radius 2 is 2.16 bits per heavy atom. The molecule has 1 fully saturated rings. The van der Waals surface area contributed by atoms with Crippen LogP contribution in [0.2, 0.25) is 0 Å². The summed E-state index contributed by atoms with van der Waals surface area (Å²) in [5, 5.41) is 2.66. The highest BCUT2D eigenvalue weighted by Crippen LogP contribution is 2.18. The lowest BCUT2D eigenvalue weighted by Crippen LogP contribution is -2.25. The summed E-state index contributed by atoms with van der Waals surface area (Å²) in [6.07, 6.45) is 3.66. The normalized spacial score (nSPS) is 17.4. The molecule has 5 nitrogen and oxygen atoms in total. The van der Waals surface area contributed by atoms with E-state index in [9.17, 15) is 9.18 Å². The number of benzene rings is 1. The van der Waals surface area contributed by atoms with Crippen molar-refractivity contribution in [1.29, 1.82) is 0 Å². The SMILES string of the molecule is CC1CCN(CCOc2ccc(NC(=O)c3ccncc3F)cc2)C1.